The van der Waals surface area contributed by atoms with Crippen LogP contribution in [0, 0.1) is 11.8 Å². The van der Waals surface area contributed by atoms with Crippen molar-refractivity contribution < 1.29 is 14.3 Å². The number of hydrogen-bond donors (Lipinski definition) is 2. The van der Waals surface area contributed by atoms with Gasteiger partial charge in [0.25, 0.3) is 5.91 Å². The highest BCUT2D eigenvalue weighted by Gasteiger charge is 2.29. The van der Waals surface area contributed by atoms with E-state index < -0.39 is 11.8 Å². The molecule has 0 saturated carbocycles. The maximum absolute atomic E-state index is 12.6. The fourth-order valence-corrected chi connectivity index (χ4v) is 2.83. The maximum Gasteiger partial charge on any atom is 0.252 e. The predicted molar refractivity (Wildman–Crippen MR) is 116 cm³/mol. The summed E-state index contributed by atoms with van der Waals surface area (Å²) in [5.41, 5.74) is 5.20. The Balaban J connectivity index is 1.99. The molecule has 1 unspecified atom stereocenters. The van der Waals surface area contributed by atoms with Gasteiger partial charge in [0.05, 0.1) is 13.3 Å². The third-order valence-electron chi connectivity index (χ3n) is 4.58. The molecule has 6 nitrogen and oxygen atoms in total. The minimum atomic E-state index is -0.863. The third kappa shape index (κ3) is 6.45. The summed E-state index contributed by atoms with van der Waals surface area (Å²) in [5.74, 6) is -0.722. The van der Waals surface area contributed by atoms with Crippen molar-refractivity contribution >= 4 is 23.7 Å². The Kier molecular flexibility index (Phi) is 7.95. The van der Waals surface area contributed by atoms with Crippen molar-refractivity contribution in [3.8, 4) is 5.75 Å². The summed E-state index contributed by atoms with van der Waals surface area (Å²) in [6, 6.07) is 14.9. The van der Waals surface area contributed by atoms with E-state index in [0.29, 0.717) is 17.4 Å². The van der Waals surface area contributed by atoms with E-state index in [9.17, 15) is 9.59 Å². The topological polar surface area (TPSA) is 79.8 Å². The van der Waals surface area contributed by atoms with Crippen molar-refractivity contribution in [2.45, 2.75) is 33.6 Å². The molecule has 0 spiro atoms. The van der Waals surface area contributed by atoms with Gasteiger partial charge in [-0.3, -0.25) is 9.59 Å². The lowest BCUT2D eigenvalue weighted by molar-refractivity contribution is -0.134. The van der Waals surface area contributed by atoms with E-state index in [-0.39, 0.29) is 11.8 Å². The number of anilines is 1. The molecule has 2 aromatic rings. The summed E-state index contributed by atoms with van der Waals surface area (Å²) >= 11 is 0. The van der Waals surface area contributed by atoms with Gasteiger partial charge < -0.3 is 10.1 Å². The van der Waals surface area contributed by atoms with Crippen molar-refractivity contribution in [1.82, 2.24) is 5.43 Å². The maximum atomic E-state index is 12.6. The molecule has 0 aliphatic heterocycles. The average molecular weight is 396 g/mol. The number of nitrogens with one attached hydrogen (secondary N) is 2. The van der Waals surface area contributed by atoms with Crippen LogP contribution < -0.4 is 15.5 Å². The zero-order valence-corrected chi connectivity index (χ0v) is 17.6. The van der Waals surface area contributed by atoms with Gasteiger partial charge in [-0.2, -0.15) is 5.10 Å². The van der Waals surface area contributed by atoms with Crippen LogP contribution >= 0.6 is 0 Å². The van der Waals surface area contributed by atoms with E-state index in [1.807, 2.05) is 38.1 Å². The molecule has 0 radical (unpaired) electrons. The van der Waals surface area contributed by atoms with Gasteiger partial charge in [0, 0.05) is 5.69 Å². The highest BCUT2D eigenvalue weighted by molar-refractivity contribution is 6.06. The Morgan fingerprint density at radius 3 is 2.07 bits per heavy atom. The number of rotatable bonds is 8. The second kappa shape index (κ2) is 10.4. The molecular weight excluding hydrogens is 366 g/mol. The second-order valence-corrected chi connectivity index (χ2v) is 7.50. The van der Waals surface area contributed by atoms with Crippen LogP contribution in [-0.4, -0.2) is 25.1 Å². The molecule has 1 atom stereocenters. The second-order valence-electron chi connectivity index (χ2n) is 7.50. The number of amides is 2. The predicted octanol–water partition coefficient (Wildman–Crippen LogP) is 4.18. The normalized spacial score (nSPS) is 12.2. The van der Waals surface area contributed by atoms with Crippen LogP contribution in [0.5, 0.6) is 5.75 Å². The van der Waals surface area contributed by atoms with E-state index >= 15 is 0 Å². The number of methoxy groups -OCH3 is 1. The van der Waals surface area contributed by atoms with Gasteiger partial charge in [0.1, 0.15) is 11.7 Å². The van der Waals surface area contributed by atoms with Gasteiger partial charge in [-0.25, -0.2) is 5.43 Å². The summed E-state index contributed by atoms with van der Waals surface area (Å²) in [6.45, 7) is 7.91. The van der Waals surface area contributed by atoms with Crippen molar-refractivity contribution in [1.29, 1.82) is 0 Å². The minimum Gasteiger partial charge on any atom is -0.497 e. The van der Waals surface area contributed by atoms with Crippen molar-refractivity contribution in [2.75, 3.05) is 12.4 Å². The van der Waals surface area contributed by atoms with E-state index in [2.05, 4.69) is 29.7 Å². The summed E-state index contributed by atoms with van der Waals surface area (Å²) in [4.78, 5) is 25.2. The summed E-state index contributed by atoms with van der Waals surface area (Å²) < 4.78 is 5.10. The monoisotopic (exact) mass is 395 g/mol. The third-order valence-corrected chi connectivity index (χ3v) is 4.58. The number of carbonyl (C=O) groups excluding carboxylic acids is 2. The van der Waals surface area contributed by atoms with Gasteiger partial charge in [-0.1, -0.05) is 52.0 Å². The molecule has 2 amide bonds. The average Bonchev–Trinajstić information content (AvgIpc) is 2.68. The van der Waals surface area contributed by atoms with Crippen molar-refractivity contribution in [3.05, 3.63) is 59.7 Å². The Hall–Kier alpha value is -3.15. The summed E-state index contributed by atoms with van der Waals surface area (Å²) in [6.07, 6.45) is 1.57. The SMILES string of the molecule is COc1ccc(NC(=O)C(C(=O)NN=Cc2ccc(C(C)C)cc2)C(C)C)cc1. The number of ether oxygens (including phenoxy) is 1. The first-order chi connectivity index (χ1) is 13.8. The smallest absolute Gasteiger partial charge is 0.252 e. The Bertz CT molecular complexity index is 841. The summed E-state index contributed by atoms with van der Waals surface area (Å²) in [7, 11) is 1.58. The molecule has 6 heteroatoms. The standard InChI is InChI=1S/C23H29N3O3/c1-15(2)18-8-6-17(7-9-18)14-24-26-23(28)21(16(3)4)22(27)25-19-10-12-20(29-5)13-11-19/h6-16,21H,1-5H3,(H,25,27)(H,26,28). The van der Waals surface area contributed by atoms with E-state index in [4.69, 9.17) is 4.74 Å². The number of hydrogen-bond acceptors (Lipinski definition) is 4. The molecule has 0 aliphatic carbocycles. The van der Waals surface area contributed by atoms with Crippen LogP contribution in [0.15, 0.2) is 53.6 Å². The van der Waals surface area contributed by atoms with Gasteiger partial charge in [-0.05, 0) is 47.2 Å². The molecule has 0 aliphatic rings. The quantitative estimate of drug-likeness (QED) is 0.400. The van der Waals surface area contributed by atoms with E-state index in [0.717, 1.165) is 5.56 Å². The van der Waals surface area contributed by atoms with Crippen LogP contribution in [0.2, 0.25) is 0 Å². The van der Waals surface area contributed by atoms with Crippen LogP contribution in [0.25, 0.3) is 0 Å². The molecule has 0 saturated heterocycles. The Morgan fingerprint density at radius 2 is 1.55 bits per heavy atom. The van der Waals surface area contributed by atoms with Crippen LogP contribution in [0.4, 0.5) is 5.69 Å². The molecule has 2 rings (SSSR count). The molecule has 154 valence electrons. The largest absolute Gasteiger partial charge is 0.497 e. The fourth-order valence-electron chi connectivity index (χ4n) is 2.83. The van der Waals surface area contributed by atoms with Gasteiger partial charge in [-0.15, -0.1) is 0 Å². The molecule has 0 fully saturated rings. The van der Waals surface area contributed by atoms with Gasteiger partial charge in [0.2, 0.25) is 5.91 Å². The lowest BCUT2D eigenvalue weighted by atomic mass is 9.94. The minimum absolute atomic E-state index is 0.186. The number of benzene rings is 2. The Morgan fingerprint density at radius 1 is 0.931 bits per heavy atom. The molecule has 0 bridgehead atoms. The lowest BCUT2D eigenvalue weighted by Crippen LogP contribution is -2.39. The molecular formula is C23H29N3O3. The summed E-state index contributed by atoms with van der Waals surface area (Å²) in [5, 5.41) is 6.78. The number of carbonyl (C=O) groups is 2. The first-order valence-electron chi connectivity index (χ1n) is 9.69. The first-order valence-corrected chi connectivity index (χ1v) is 9.69. The van der Waals surface area contributed by atoms with Crippen molar-refractivity contribution in [2.24, 2.45) is 16.9 Å². The van der Waals surface area contributed by atoms with Crippen LogP contribution in [-0.2, 0) is 9.59 Å². The molecule has 2 aromatic carbocycles. The Labute approximate surface area is 172 Å². The first kappa shape index (κ1) is 22.1. The van der Waals surface area contributed by atoms with Gasteiger partial charge >= 0.3 is 0 Å². The lowest BCUT2D eigenvalue weighted by Gasteiger charge is -2.18. The highest BCUT2D eigenvalue weighted by atomic mass is 16.5. The molecule has 0 aromatic heterocycles. The molecule has 2 N–H and O–H groups in total. The highest BCUT2D eigenvalue weighted by Crippen LogP contribution is 2.18. The fraction of sp³-hybridized carbons (Fsp3) is 0.348. The zero-order chi connectivity index (χ0) is 21.4. The van der Waals surface area contributed by atoms with Gasteiger partial charge in [0.15, 0.2) is 0 Å². The van der Waals surface area contributed by atoms with Crippen molar-refractivity contribution in [3.63, 3.8) is 0 Å². The number of hydrazone groups is 1. The number of nitrogens with zero attached hydrogens (tertiary/aromatic N) is 1. The van der Waals surface area contributed by atoms with Crippen LogP contribution in [0.1, 0.15) is 44.7 Å². The van der Waals surface area contributed by atoms with E-state index in [1.165, 1.54) is 5.56 Å². The molecule has 0 heterocycles. The molecule has 29 heavy (non-hydrogen) atoms. The van der Waals surface area contributed by atoms with E-state index in [1.54, 1.807) is 37.6 Å². The van der Waals surface area contributed by atoms with Crippen LogP contribution in [0.3, 0.4) is 0 Å². The zero-order valence-electron chi connectivity index (χ0n) is 17.6.